The summed E-state index contributed by atoms with van der Waals surface area (Å²) < 4.78 is 6.11. The lowest BCUT2D eigenvalue weighted by Gasteiger charge is -2.36. The molecule has 0 aromatic heterocycles. The van der Waals surface area contributed by atoms with E-state index in [0.717, 1.165) is 24.8 Å². The first-order chi connectivity index (χ1) is 17.7. The molecular formula is C27H35N5O5. The summed E-state index contributed by atoms with van der Waals surface area (Å²) in [6, 6.07) is 4.50. The number of amides is 4. The molecule has 3 aliphatic rings. The summed E-state index contributed by atoms with van der Waals surface area (Å²) in [5.41, 5.74) is 2.09. The minimum Gasteiger partial charge on any atom is -0.491 e. The molecule has 0 aliphatic carbocycles. The van der Waals surface area contributed by atoms with E-state index in [1.54, 1.807) is 25.3 Å². The normalized spacial score (nSPS) is 22.2. The van der Waals surface area contributed by atoms with Gasteiger partial charge in [-0.05, 0) is 61.4 Å². The number of benzene rings is 1. The van der Waals surface area contributed by atoms with Gasteiger partial charge in [0.25, 0.3) is 11.8 Å². The van der Waals surface area contributed by atoms with E-state index in [4.69, 9.17) is 10.1 Å². The molecule has 0 bridgehead atoms. The maximum atomic E-state index is 13.3. The lowest BCUT2D eigenvalue weighted by molar-refractivity contribution is -0.137. The largest absolute Gasteiger partial charge is 0.491 e. The van der Waals surface area contributed by atoms with Crippen molar-refractivity contribution in [2.75, 3.05) is 20.2 Å². The zero-order valence-corrected chi connectivity index (χ0v) is 21.6. The van der Waals surface area contributed by atoms with Gasteiger partial charge in [-0.3, -0.25) is 24.5 Å². The average Bonchev–Trinajstić information content (AvgIpc) is 3.20. The second-order valence-corrected chi connectivity index (χ2v) is 10.1. The number of hydrogen-bond donors (Lipinski definition) is 3. The van der Waals surface area contributed by atoms with E-state index in [1.165, 1.54) is 4.90 Å². The van der Waals surface area contributed by atoms with Crippen LogP contribution in [0.1, 0.15) is 61.9 Å². The molecule has 37 heavy (non-hydrogen) atoms. The Bertz CT molecular complexity index is 1140. The van der Waals surface area contributed by atoms with Gasteiger partial charge in [-0.25, -0.2) is 0 Å². The summed E-state index contributed by atoms with van der Waals surface area (Å²) in [6.45, 7) is 5.06. The molecule has 1 unspecified atom stereocenters. The smallest absolute Gasteiger partial charge is 0.270 e. The van der Waals surface area contributed by atoms with Crippen molar-refractivity contribution in [3.63, 3.8) is 0 Å². The molecule has 0 saturated carbocycles. The van der Waals surface area contributed by atoms with Gasteiger partial charge < -0.3 is 25.3 Å². The number of allylic oxidation sites excluding steroid dienone is 1. The van der Waals surface area contributed by atoms with Crippen molar-refractivity contribution >= 4 is 29.3 Å². The minimum absolute atomic E-state index is 0.0224. The summed E-state index contributed by atoms with van der Waals surface area (Å²) in [7, 11) is 1.69. The SMILES string of the molecule is CN/C(=C\C(=N)C(C)C)C(=O)N1CCCC[C@H]1COc1ccc2c(c1)CN(C1CCC(=O)NC1=O)C2=O. The number of nitrogens with zero attached hydrogens (tertiary/aromatic N) is 2. The Labute approximate surface area is 216 Å². The molecule has 3 aliphatic heterocycles. The van der Waals surface area contributed by atoms with E-state index in [9.17, 15) is 19.2 Å². The molecule has 3 N–H and O–H groups in total. The van der Waals surface area contributed by atoms with Crippen LogP contribution >= 0.6 is 0 Å². The Hall–Kier alpha value is -3.69. The zero-order valence-electron chi connectivity index (χ0n) is 21.6. The van der Waals surface area contributed by atoms with E-state index < -0.39 is 11.9 Å². The van der Waals surface area contributed by atoms with Crippen LogP contribution < -0.4 is 15.4 Å². The Kier molecular flexibility index (Phi) is 7.94. The maximum Gasteiger partial charge on any atom is 0.270 e. The summed E-state index contributed by atoms with van der Waals surface area (Å²) in [5.74, 6) is -0.491. The van der Waals surface area contributed by atoms with Crippen molar-refractivity contribution in [2.24, 2.45) is 5.92 Å². The van der Waals surface area contributed by atoms with Crippen molar-refractivity contribution in [1.82, 2.24) is 20.4 Å². The second-order valence-electron chi connectivity index (χ2n) is 10.1. The molecule has 0 radical (unpaired) electrons. The lowest BCUT2D eigenvalue weighted by Crippen LogP contribution is -2.52. The third kappa shape index (κ3) is 5.68. The summed E-state index contributed by atoms with van der Waals surface area (Å²) in [4.78, 5) is 53.3. The van der Waals surface area contributed by atoms with Gasteiger partial charge in [-0.2, -0.15) is 0 Å². The van der Waals surface area contributed by atoms with Gasteiger partial charge in [-0.1, -0.05) is 13.8 Å². The third-order valence-corrected chi connectivity index (χ3v) is 7.25. The molecule has 1 aromatic rings. The van der Waals surface area contributed by atoms with Gasteiger partial charge in [-0.15, -0.1) is 0 Å². The zero-order chi connectivity index (χ0) is 26.7. The van der Waals surface area contributed by atoms with Crippen LogP contribution in [0, 0.1) is 11.3 Å². The van der Waals surface area contributed by atoms with Crippen molar-refractivity contribution in [3.8, 4) is 5.75 Å². The van der Waals surface area contributed by atoms with Crippen molar-refractivity contribution in [2.45, 2.75) is 64.6 Å². The number of fused-ring (bicyclic) bond motifs is 1. The predicted octanol–water partition coefficient (Wildman–Crippen LogP) is 1.99. The van der Waals surface area contributed by atoms with Crippen LogP contribution in [0.25, 0.3) is 0 Å². The molecule has 1 aromatic carbocycles. The predicted molar refractivity (Wildman–Crippen MR) is 137 cm³/mol. The van der Waals surface area contributed by atoms with Crippen molar-refractivity contribution < 1.29 is 23.9 Å². The quantitative estimate of drug-likeness (QED) is 0.279. The van der Waals surface area contributed by atoms with E-state index in [-0.39, 0.29) is 42.6 Å². The van der Waals surface area contributed by atoms with Crippen LogP contribution in [-0.4, -0.2) is 71.4 Å². The van der Waals surface area contributed by atoms with E-state index in [1.807, 2.05) is 24.8 Å². The minimum atomic E-state index is -0.657. The maximum absolute atomic E-state index is 13.3. The first kappa shape index (κ1) is 26.4. The number of ether oxygens (including phenoxy) is 1. The van der Waals surface area contributed by atoms with Gasteiger partial charge >= 0.3 is 0 Å². The lowest BCUT2D eigenvalue weighted by atomic mass is 10.0. The molecule has 2 saturated heterocycles. The topological polar surface area (TPSA) is 132 Å². The van der Waals surface area contributed by atoms with Crippen LogP contribution in [0.15, 0.2) is 30.0 Å². The molecule has 10 nitrogen and oxygen atoms in total. The third-order valence-electron chi connectivity index (χ3n) is 7.25. The number of hydrogen-bond acceptors (Lipinski definition) is 7. The van der Waals surface area contributed by atoms with Crippen LogP contribution in [-0.2, 0) is 20.9 Å². The van der Waals surface area contributed by atoms with Crippen molar-refractivity contribution in [3.05, 3.63) is 41.1 Å². The Balaban J connectivity index is 1.42. The molecule has 198 valence electrons. The molecule has 0 spiro atoms. The first-order valence-corrected chi connectivity index (χ1v) is 12.9. The monoisotopic (exact) mass is 509 g/mol. The average molecular weight is 510 g/mol. The number of piperidine rings is 2. The highest BCUT2D eigenvalue weighted by atomic mass is 16.5. The van der Waals surface area contributed by atoms with E-state index in [0.29, 0.717) is 42.3 Å². The van der Waals surface area contributed by atoms with E-state index >= 15 is 0 Å². The summed E-state index contributed by atoms with van der Waals surface area (Å²) >= 11 is 0. The summed E-state index contributed by atoms with van der Waals surface area (Å²) in [5, 5.41) is 13.4. The van der Waals surface area contributed by atoms with Crippen LogP contribution in [0.3, 0.4) is 0 Å². The molecule has 4 rings (SSSR count). The first-order valence-electron chi connectivity index (χ1n) is 12.9. The fraction of sp³-hybridized carbons (Fsp3) is 0.519. The van der Waals surface area contributed by atoms with Crippen LogP contribution in [0.4, 0.5) is 0 Å². The van der Waals surface area contributed by atoms with Gasteiger partial charge in [0.2, 0.25) is 11.8 Å². The van der Waals surface area contributed by atoms with Crippen molar-refractivity contribution in [1.29, 1.82) is 5.41 Å². The fourth-order valence-electron chi connectivity index (χ4n) is 4.99. The highest BCUT2D eigenvalue weighted by Crippen LogP contribution is 2.30. The van der Waals surface area contributed by atoms with E-state index in [2.05, 4.69) is 10.6 Å². The van der Waals surface area contributed by atoms with Crippen LogP contribution in [0.2, 0.25) is 0 Å². The fourth-order valence-corrected chi connectivity index (χ4v) is 4.99. The Morgan fingerprint density at radius 3 is 2.73 bits per heavy atom. The molecule has 2 atom stereocenters. The molecule has 3 heterocycles. The molecule has 2 fully saturated rings. The summed E-state index contributed by atoms with van der Waals surface area (Å²) in [6.07, 6.45) is 4.86. The number of likely N-dealkylation sites (N-methyl/N-ethyl adjacent to an activating group) is 1. The molecule has 4 amide bonds. The Morgan fingerprint density at radius 1 is 1.24 bits per heavy atom. The highest BCUT2D eigenvalue weighted by Gasteiger charge is 2.39. The standard InChI is InChI=1S/C27H35N5O5/c1-16(2)21(28)13-22(29-3)27(36)31-11-5-4-6-18(31)15-37-19-7-8-20-17(12-19)14-32(26(20)35)23-9-10-24(33)30-25(23)34/h7-8,12-13,16,18,23,28-29H,4-6,9-11,14-15H2,1-3H3,(H,30,33,34)/b22-13-,28-21?/t18-,23?/m0/s1. The van der Waals surface area contributed by atoms with Gasteiger partial charge in [0.15, 0.2) is 0 Å². The number of carbonyl (C=O) groups excluding carboxylic acids is 4. The highest BCUT2D eigenvalue weighted by molar-refractivity contribution is 6.05. The van der Waals surface area contributed by atoms with Gasteiger partial charge in [0, 0.05) is 37.8 Å². The molecular weight excluding hydrogens is 474 g/mol. The number of rotatable bonds is 8. The number of likely N-dealkylation sites (tertiary alicyclic amines) is 1. The number of nitrogens with one attached hydrogen (secondary N) is 3. The second kappa shape index (κ2) is 11.1. The Morgan fingerprint density at radius 2 is 2.03 bits per heavy atom. The number of carbonyl (C=O) groups is 4. The molecule has 10 heteroatoms. The van der Waals surface area contributed by atoms with Gasteiger partial charge in [0.05, 0.1) is 6.04 Å². The van der Waals surface area contributed by atoms with Gasteiger partial charge in [0.1, 0.15) is 24.1 Å². The number of imide groups is 1. The van der Waals surface area contributed by atoms with Crippen LogP contribution in [0.5, 0.6) is 5.75 Å².